The van der Waals surface area contributed by atoms with Gasteiger partial charge in [-0.25, -0.2) is 0 Å². The average molecular weight is 426 g/mol. The van der Waals surface area contributed by atoms with E-state index in [1.165, 1.54) is 0 Å². The highest BCUT2D eigenvalue weighted by Crippen LogP contribution is 2.33. The molecule has 0 saturated heterocycles. The topological polar surface area (TPSA) is 93.0 Å². The lowest BCUT2D eigenvalue weighted by atomic mass is 10.1. The number of carbonyl (C=O) groups excluding carboxylic acids is 1. The van der Waals surface area contributed by atoms with Gasteiger partial charge >= 0.3 is 0 Å². The SMILES string of the molecule is COc1cc(NC(=S)NC(=O)COc2cccc(C)c2)ccc1-c1ccc(CO)o1. The highest BCUT2D eigenvalue weighted by Gasteiger charge is 2.12. The van der Waals surface area contributed by atoms with Crippen molar-refractivity contribution in [3.63, 3.8) is 0 Å². The van der Waals surface area contributed by atoms with E-state index in [-0.39, 0.29) is 24.2 Å². The van der Waals surface area contributed by atoms with Crippen molar-refractivity contribution in [2.45, 2.75) is 13.5 Å². The third-order valence-corrected chi connectivity index (χ3v) is 4.36. The number of rotatable bonds is 7. The van der Waals surface area contributed by atoms with Crippen molar-refractivity contribution < 1.29 is 23.8 Å². The van der Waals surface area contributed by atoms with Crippen LogP contribution in [0.3, 0.4) is 0 Å². The van der Waals surface area contributed by atoms with Gasteiger partial charge in [0.15, 0.2) is 11.7 Å². The number of aryl methyl sites for hydroxylation is 1. The number of amides is 1. The molecule has 0 aliphatic carbocycles. The van der Waals surface area contributed by atoms with Crippen molar-refractivity contribution in [1.29, 1.82) is 0 Å². The zero-order valence-corrected chi connectivity index (χ0v) is 17.4. The van der Waals surface area contributed by atoms with Crippen LogP contribution in [0.5, 0.6) is 11.5 Å². The van der Waals surface area contributed by atoms with Gasteiger partial charge in [0.05, 0.1) is 12.7 Å². The number of ether oxygens (including phenoxy) is 2. The van der Waals surface area contributed by atoms with Crippen LogP contribution in [0.2, 0.25) is 0 Å². The van der Waals surface area contributed by atoms with Gasteiger partial charge in [-0.05, 0) is 61.1 Å². The molecule has 30 heavy (non-hydrogen) atoms. The predicted octanol–water partition coefficient (Wildman–Crippen LogP) is 3.65. The number of thiocarbonyl (C=S) groups is 1. The zero-order valence-electron chi connectivity index (χ0n) is 16.6. The number of anilines is 1. The van der Waals surface area contributed by atoms with Gasteiger partial charge in [-0.3, -0.25) is 10.1 Å². The summed E-state index contributed by atoms with van der Waals surface area (Å²) in [6, 6.07) is 16.2. The van der Waals surface area contributed by atoms with E-state index in [1.807, 2.05) is 25.1 Å². The second kappa shape index (κ2) is 9.91. The first kappa shape index (κ1) is 21.4. The van der Waals surface area contributed by atoms with Crippen molar-refractivity contribution in [1.82, 2.24) is 5.32 Å². The number of methoxy groups -OCH3 is 1. The van der Waals surface area contributed by atoms with Crippen LogP contribution in [0, 0.1) is 6.92 Å². The molecule has 0 aliphatic rings. The fourth-order valence-corrected chi connectivity index (χ4v) is 2.99. The highest BCUT2D eigenvalue weighted by atomic mass is 32.1. The summed E-state index contributed by atoms with van der Waals surface area (Å²) >= 11 is 5.20. The normalized spacial score (nSPS) is 10.4. The number of furan rings is 1. The van der Waals surface area contributed by atoms with Crippen LogP contribution in [0.15, 0.2) is 59.0 Å². The molecule has 0 fully saturated rings. The molecule has 3 N–H and O–H groups in total. The molecule has 8 heteroatoms. The lowest BCUT2D eigenvalue weighted by Crippen LogP contribution is -2.37. The number of benzene rings is 2. The second-order valence-electron chi connectivity index (χ2n) is 6.45. The summed E-state index contributed by atoms with van der Waals surface area (Å²) in [5, 5.41) is 14.8. The number of hydrogen-bond acceptors (Lipinski definition) is 6. The summed E-state index contributed by atoms with van der Waals surface area (Å²) in [5.41, 5.74) is 2.41. The van der Waals surface area contributed by atoms with Crippen molar-refractivity contribution in [3.8, 4) is 22.8 Å². The van der Waals surface area contributed by atoms with Crippen molar-refractivity contribution in [2.75, 3.05) is 19.0 Å². The minimum Gasteiger partial charge on any atom is -0.496 e. The summed E-state index contributed by atoms with van der Waals surface area (Å²) in [7, 11) is 1.54. The maximum atomic E-state index is 12.1. The maximum absolute atomic E-state index is 12.1. The molecule has 1 heterocycles. The molecule has 0 spiro atoms. The summed E-state index contributed by atoms with van der Waals surface area (Å²) in [5.74, 6) is 1.84. The van der Waals surface area contributed by atoms with Gasteiger partial charge < -0.3 is 24.3 Å². The Morgan fingerprint density at radius 2 is 2.00 bits per heavy atom. The monoisotopic (exact) mass is 426 g/mol. The summed E-state index contributed by atoms with van der Waals surface area (Å²) in [6.45, 7) is 1.62. The van der Waals surface area contributed by atoms with Crippen LogP contribution >= 0.6 is 12.2 Å². The molecule has 3 aromatic rings. The molecule has 0 unspecified atom stereocenters. The first-order valence-corrected chi connectivity index (χ1v) is 9.57. The lowest BCUT2D eigenvalue weighted by Gasteiger charge is -2.13. The molecular weight excluding hydrogens is 404 g/mol. The molecule has 0 saturated carbocycles. The molecule has 1 aromatic heterocycles. The van der Waals surface area contributed by atoms with E-state index in [2.05, 4.69) is 10.6 Å². The lowest BCUT2D eigenvalue weighted by molar-refractivity contribution is -0.121. The van der Waals surface area contributed by atoms with E-state index >= 15 is 0 Å². The molecule has 0 radical (unpaired) electrons. The van der Waals surface area contributed by atoms with Crippen LogP contribution in [0.25, 0.3) is 11.3 Å². The Bertz CT molecular complexity index is 1050. The van der Waals surface area contributed by atoms with E-state index in [1.54, 1.807) is 43.5 Å². The summed E-state index contributed by atoms with van der Waals surface area (Å²) in [4.78, 5) is 12.1. The molecule has 156 valence electrons. The Morgan fingerprint density at radius 1 is 1.17 bits per heavy atom. The van der Waals surface area contributed by atoms with Gasteiger partial charge in [-0.1, -0.05) is 12.1 Å². The smallest absolute Gasteiger partial charge is 0.264 e. The van der Waals surface area contributed by atoms with Crippen LogP contribution < -0.4 is 20.1 Å². The largest absolute Gasteiger partial charge is 0.496 e. The first-order valence-electron chi connectivity index (χ1n) is 9.17. The van der Waals surface area contributed by atoms with Gasteiger partial charge in [0.2, 0.25) is 0 Å². The maximum Gasteiger partial charge on any atom is 0.264 e. The minimum atomic E-state index is -0.371. The Balaban J connectivity index is 1.58. The third kappa shape index (κ3) is 5.59. The molecule has 7 nitrogen and oxygen atoms in total. The fraction of sp³-hybridized carbons (Fsp3) is 0.182. The van der Waals surface area contributed by atoms with Crippen molar-refractivity contribution in [3.05, 3.63) is 65.9 Å². The molecule has 0 atom stereocenters. The zero-order chi connectivity index (χ0) is 21.5. The van der Waals surface area contributed by atoms with Crippen molar-refractivity contribution in [2.24, 2.45) is 0 Å². The molecule has 3 rings (SSSR count). The molecular formula is C22H22N2O5S. The number of aliphatic hydroxyl groups excluding tert-OH is 1. The predicted molar refractivity (Wildman–Crippen MR) is 118 cm³/mol. The van der Waals surface area contributed by atoms with Crippen molar-refractivity contribution >= 4 is 28.9 Å². The standard InChI is InChI=1S/C22H22N2O5S/c1-14-4-3-5-16(10-14)28-13-21(26)24-22(30)23-15-6-8-18(20(11-15)27-2)19-9-7-17(12-25)29-19/h3-11,25H,12-13H2,1-2H3,(H2,23,24,26,30). The Hall–Kier alpha value is -3.36. The summed E-state index contributed by atoms with van der Waals surface area (Å²) in [6.07, 6.45) is 0. The van der Waals surface area contributed by atoms with E-state index < -0.39 is 0 Å². The number of aliphatic hydroxyl groups is 1. The van der Waals surface area contributed by atoms with Crippen LogP contribution in [-0.4, -0.2) is 29.8 Å². The van der Waals surface area contributed by atoms with E-state index in [0.29, 0.717) is 28.7 Å². The Morgan fingerprint density at radius 3 is 2.70 bits per heavy atom. The fourth-order valence-electron chi connectivity index (χ4n) is 2.76. The van der Waals surface area contributed by atoms with Gasteiger partial charge in [0.25, 0.3) is 5.91 Å². The molecule has 0 aliphatic heterocycles. The highest BCUT2D eigenvalue weighted by molar-refractivity contribution is 7.80. The van der Waals surface area contributed by atoms with Crippen LogP contribution in [-0.2, 0) is 11.4 Å². The minimum absolute atomic E-state index is 0.142. The van der Waals surface area contributed by atoms with Gasteiger partial charge in [-0.15, -0.1) is 0 Å². The third-order valence-electron chi connectivity index (χ3n) is 4.15. The first-order chi connectivity index (χ1) is 14.5. The summed E-state index contributed by atoms with van der Waals surface area (Å²) < 4.78 is 16.5. The number of hydrogen-bond donors (Lipinski definition) is 3. The van der Waals surface area contributed by atoms with Crippen LogP contribution in [0.4, 0.5) is 5.69 Å². The van der Waals surface area contributed by atoms with E-state index in [4.69, 9.17) is 31.2 Å². The van der Waals surface area contributed by atoms with Gasteiger partial charge in [0.1, 0.15) is 29.6 Å². The molecule has 0 bridgehead atoms. The van der Waals surface area contributed by atoms with E-state index in [9.17, 15) is 4.79 Å². The Labute approximate surface area is 179 Å². The quantitative estimate of drug-likeness (QED) is 0.497. The van der Waals surface area contributed by atoms with E-state index in [0.717, 1.165) is 11.1 Å². The molecule has 1 amide bonds. The second-order valence-corrected chi connectivity index (χ2v) is 6.85. The molecule has 2 aromatic carbocycles. The number of nitrogens with one attached hydrogen (secondary N) is 2. The average Bonchev–Trinajstić information content (AvgIpc) is 3.21. The Kier molecular flexibility index (Phi) is 7.05. The van der Waals surface area contributed by atoms with Gasteiger partial charge in [-0.2, -0.15) is 0 Å². The van der Waals surface area contributed by atoms with Gasteiger partial charge in [0, 0.05) is 11.8 Å². The number of carbonyl (C=O) groups is 1. The van der Waals surface area contributed by atoms with Crippen LogP contribution in [0.1, 0.15) is 11.3 Å².